The van der Waals surface area contributed by atoms with Gasteiger partial charge in [-0.3, -0.25) is 4.68 Å². The Hall–Kier alpha value is -0.650. The molecule has 0 bridgehead atoms. The number of thiophene rings is 1. The number of rotatable bonds is 6. The van der Waals surface area contributed by atoms with E-state index in [1.807, 2.05) is 17.9 Å². The number of aromatic nitrogens is 2. The van der Waals surface area contributed by atoms with Gasteiger partial charge < -0.3 is 5.32 Å². The second-order valence-electron chi connectivity index (χ2n) is 4.39. The van der Waals surface area contributed by atoms with Crippen molar-refractivity contribution in [3.05, 3.63) is 38.8 Å². The van der Waals surface area contributed by atoms with E-state index >= 15 is 0 Å². The van der Waals surface area contributed by atoms with Crippen LogP contribution in [0.3, 0.4) is 0 Å². The molecular weight excluding hydrogens is 310 g/mol. The van der Waals surface area contributed by atoms with E-state index in [2.05, 4.69) is 50.9 Å². The van der Waals surface area contributed by atoms with Crippen molar-refractivity contribution in [3.8, 4) is 0 Å². The molecule has 2 heterocycles. The minimum absolute atomic E-state index is 0.351. The Balaban J connectivity index is 2.09. The van der Waals surface area contributed by atoms with Crippen LogP contribution in [0.15, 0.2) is 28.3 Å². The van der Waals surface area contributed by atoms with E-state index in [4.69, 9.17) is 0 Å². The van der Waals surface area contributed by atoms with E-state index in [0.717, 1.165) is 19.4 Å². The number of aryl methyl sites for hydroxylation is 1. The molecule has 2 aromatic rings. The lowest BCUT2D eigenvalue weighted by Crippen LogP contribution is -2.23. The Morgan fingerprint density at radius 3 is 2.94 bits per heavy atom. The molecule has 0 spiro atoms. The van der Waals surface area contributed by atoms with Gasteiger partial charge in [-0.1, -0.05) is 6.92 Å². The van der Waals surface area contributed by atoms with E-state index in [1.54, 1.807) is 11.3 Å². The average molecular weight is 328 g/mol. The summed E-state index contributed by atoms with van der Waals surface area (Å²) in [6, 6.07) is 2.55. The molecule has 1 unspecified atom stereocenters. The number of nitrogens with one attached hydrogen (secondary N) is 1. The second-order valence-corrected chi connectivity index (χ2v) is 6.30. The lowest BCUT2D eigenvalue weighted by Gasteiger charge is -2.16. The molecule has 0 aliphatic rings. The van der Waals surface area contributed by atoms with Gasteiger partial charge in [0, 0.05) is 46.0 Å². The average Bonchev–Trinajstić information content (AvgIpc) is 2.93. The summed E-state index contributed by atoms with van der Waals surface area (Å²) in [6.45, 7) is 3.22. The molecule has 2 aromatic heterocycles. The van der Waals surface area contributed by atoms with Crippen molar-refractivity contribution >= 4 is 27.3 Å². The summed E-state index contributed by atoms with van der Waals surface area (Å²) in [5.74, 6) is 0. The van der Waals surface area contributed by atoms with Gasteiger partial charge in [-0.25, -0.2) is 0 Å². The van der Waals surface area contributed by atoms with Crippen LogP contribution < -0.4 is 5.32 Å². The summed E-state index contributed by atoms with van der Waals surface area (Å²) >= 11 is 5.31. The van der Waals surface area contributed by atoms with E-state index in [0.29, 0.717) is 6.04 Å². The Morgan fingerprint density at radius 1 is 1.56 bits per heavy atom. The van der Waals surface area contributed by atoms with Gasteiger partial charge in [0.05, 0.1) is 6.20 Å². The zero-order valence-electron chi connectivity index (χ0n) is 10.7. The second kappa shape index (κ2) is 6.50. The van der Waals surface area contributed by atoms with E-state index < -0.39 is 0 Å². The highest BCUT2D eigenvalue weighted by molar-refractivity contribution is 9.10. The quantitative estimate of drug-likeness (QED) is 0.879. The smallest absolute Gasteiger partial charge is 0.0537 e. The minimum atomic E-state index is 0.351. The molecule has 0 aromatic carbocycles. The highest BCUT2D eigenvalue weighted by Gasteiger charge is 2.14. The maximum Gasteiger partial charge on any atom is 0.0537 e. The summed E-state index contributed by atoms with van der Waals surface area (Å²) in [5, 5.41) is 9.99. The molecule has 98 valence electrons. The van der Waals surface area contributed by atoms with Gasteiger partial charge in [-0.05, 0) is 35.0 Å². The molecular formula is C13H18BrN3S. The first-order chi connectivity index (χ1) is 8.69. The third-order valence-corrected chi connectivity index (χ3v) is 4.51. The SMILES string of the molecule is CCCNC(Cc1cc(Br)cs1)c1cnn(C)c1. The van der Waals surface area contributed by atoms with Crippen LogP contribution in [0.1, 0.15) is 29.8 Å². The van der Waals surface area contributed by atoms with Gasteiger partial charge in [0.2, 0.25) is 0 Å². The van der Waals surface area contributed by atoms with Crippen molar-refractivity contribution in [2.75, 3.05) is 6.54 Å². The van der Waals surface area contributed by atoms with E-state index in [-0.39, 0.29) is 0 Å². The van der Waals surface area contributed by atoms with Crippen molar-refractivity contribution in [2.24, 2.45) is 7.05 Å². The van der Waals surface area contributed by atoms with Crippen LogP contribution in [0, 0.1) is 0 Å². The molecule has 0 fully saturated rings. The maximum atomic E-state index is 4.26. The fraction of sp³-hybridized carbons (Fsp3) is 0.462. The van der Waals surface area contributed by atoms with Crippen molar-refractivity contribution in [1.82, 2.24) is 15.1 Å². The summed E-state index contributed by atoms with van der Waals surface area (Å²) in [7, 11) is 1.96. The molecule has 0 aliphatic carbocycles. The fourth-order valence-electron chi connectivity index (χ4n) is 1.91. The minimum Gasteiger partial charge on any atom is -0.310 e. The number of nitrogens with zero attached hydrogens (tertiary/aromatic N) is 2. The van der Waals surface area contributed by atoms with Crippen LogP contribution in [0.5, 0.6) is 0 Å². The van der Waals surface area contributed by atoms with Crippen LogP contribution in [0.25, 0.3) is 0 Å². The lowest BCUT2D eigenvalue weighted by atomic mass is 10.1. The Kier molecular flexibility index (Phi) is 4.97. The van der Waals surface area contributed by atoms with Crippen molar-refractivity contribution in [2.45, 2.75) is 25.8 Å². The molecule has 0 amide bonds. The summed E-state index contributed by atoms with van der Waals surface area (Å²) in [6.07, 6.45) is 6.21. The Morgan fingerprint density at radius 2 is 2.39 bits per heavy atom. The van der Waals surface area contributed by atoms with Crippen molar-refractivity contribution < 1.29 is 0 Å². The number of halogens is 1. The van der Waals surface area contributed by atoms with Gasteiger partial charge in [0.15, 0.2) is 0 Å². The largest absolute Gasteiger partial charge is 0.310 e. The standard InChI is InChI=1S/C13H18BrN3S/c1-3-4-15-13(10-7-16-17(2)8-10)6-12-5-11(14)9-18-12/h5,7-9,13,15H,3-4,6H2,1-2H3. The molecule has 0 saturated carbocycles. The zero-order valence-corrected chi connectivity index (χ0v) is 13.1. The van der Waals surface area contributed by atoms with Crippen LogP contribution >= 0.6 is 27.3 Å². The van der Waals surface area contributed by atoms with Crippen LogP contribution in [-0.4, -0.2) is 16.3 Å². The molecule has 5 heteroatoms. The van der Waals surface area contributed by atoms with E-state index in [1.165, 1.54) is 14.9 Å². The van der Waals surface area contributed by atoms with Crippen LogP contribution in [0.4, 0.5) is 0 Å². The summed E-state index contributed by atoms with van der Waals surface area (Å²) < 4.78 is 3.03. The topological polar surface area (TPSA) is 29.9 Å². The predicted octanol–water partition coefficient (Wildman–Crippen LogP) is 3.53. The molecule has 18 heavy (non-hydrogen) atoms. The van der Waals surface area contributed by atoms with Crippen molar-refractivity contribution in [1.29, 1.82) is 0 Å². The molecule has 0 aliphatic heterocycles. The normalized spacial score (nSPS) is 12.8. The first kappa shape index (κ1) is 13.8. The number of hydrogen-bond donors (Lipinski definition) is 1. The third-order valence-electron chi connectivity index (χ3n) is 2.80. The highest BCUT2D eigenvalue weighted by Crippen LogP contribution is 2.25. The molecule has 0 radical (unpaired) electrons. The molecule has 3 nitrogen and oxygen atoms in total. The third kappa shape index (κ3) is 3.67. The van der Waals surface area contributed by atoms with Gasteiger partial charge in [-0.2, -0.15) is 5.10 Å². The fourth-order valence-corrected chi connectivity index (χ4v) is 3.41. The summed E-state index contributed by atoms with van der Waals surface area (Å²) in [5.41, 5.74) is 1.26. The molecule has 2 rings (SSSR count). The van der Waals surface area contributed by atoms with Crippen molar-refractivity contribution in [3.63, 3.8) is 0 Å². The van der Waals surface area contributed by atoms with Gasteiger partial charge in [0.25, 0.3) is 0 Å². The Labute approximate surface area is 120 Å². The van der Waals surface area contributed by atoms with Gasteiger partial charge in [0.1, 0.15) is 0 Å². The zero-order chi connectivity index (χ0) is 13.0. The summed E-state index contributed by atoms with van der Waals surface area (Å²) in [4.78, 5) is 1.39. The van der Waals surface area contributed by atoms with Gasteiger partial charge >= 0.3 is 0 Å². The van der Waals surface area contributed by atoms with Crippen LogP contribution in [0.2, 0.25) is 0 Å². The monoisotopic (exact) mass is 327 g/mol. The van der Waals surface area contributed by atoms with E-state index in [9.17, 15) is 0 Å². The van der Waals surface area contributed by atoms with Gasteiger partial charge in [-0.15, -0.1) is 11.3 Å². The maximum absolute atomic E-state index is 4.26. The van der Waals surface area contributed by atoms with Crippen LogP contribution in [-0.2, 0) is 13.5 Å². The molecule has 1 atom stereocenters. The molecule has 0 saturated heterocycles. The highest BCUT2D eigenvalue weighted by atomic mass is 79.9. The first-order valence-electron chi connectivity index (χ1n) is 6.14. The number of hydrogen-bond acceptors (Lipinski definition) is 3. The Bertz CT molecular complexity index is 492. The predicted molar refractivity (Wildman–Crippen MR) is 80.0 cm³/mol. The first-order valence-corrected chi connectivity index (χ1v) is 7.81. The molecule has 1 N–H and O–H groups in total. The lowest BCUT2D eigenvalue weighted by molar-refractivity contribution is 0.532.